The number of carbonyl (C=O) groups excluding carboxylic acids is 4. The summed E-state index contributed by atoms with van der Waals surface area (Å²) in [4.78, 5) is 54.8. The summed E-state index contributed by atoms with van der Waals surface area (Å²) in [5.41, 5.74) is 1.94. The topological polar surface area (TPSA) is 98.8 Å². The molecule has 208 valence electrons. The van der Waals surface area contributed by atoms with Crippen molar-refractivity contribution in [2.24, 2.45) is 0 Å². The Balaban J connectivity index is 1.53. The first-order valence-corrected chi connectivity index (χ1v) is 15.2. The number of thiocarbonyl (C=S) groups is 2. The molecule has 2 N–H and O–H groups in total. The van der Waals surface area contributed by atoms with E-state index in [1.54, 1.807) is 48.5 Å². The van der Waals surface area contributed by atoms with Crippen molar-refractivity contribution in [3.63, 3.8) is 0 Å². The van der Waals surface area contributed by atoms with E-state index in [1.165, 1.54) is 9.80 Å². The maximum absolute atomic E-state index is 13.4. The van der Waals surface area contributed by atoms with E-state index in [-0.39, 0.29) is 42.3 Å². The first-order chi connectivity index (χ1) is 19.0. The van der Waals surface area contributed by atoms with Gasteiger partial charge >= 0.3 is 0 Å². The number of rotatable bonds is 8. The quantitative estimate of drug-likeness (QED) is 0.303. The lowest BCUT2D eigenvalue weighted by Crippen LogP contribution is -2.32. The van der Waals surface area contributed by atoms with Crippen molar-refractivity contribution in [2.75, 3.05) is 9.80 Å². The van der Waals surface area contributed by atoms with Gasteiger partial charge in [0.15, 0.2) is 8.64 Å². The van der Waals surface area contributed by atoms with E-state index in [0.29, 0.717) is 22.5 Å². The average Bonchev–Trinajstić information content (AvgIpc) is 3.41. The summed E-state index contributed by atoms with van der Waals surface area (Å²) in [5, 5.41) is 5.82. The molecule has 2 aromatic carbocycles. The van der Waals surface area contributed by atoms with E-state index in [1.807, 2.05) is 27.7 Å². The average molecular weight is 613 g/mol. The molecule has 2 saturated heterocycles. The fraction of sp³-hybridized carbons (Fsp3) is 0.286. The molecule has 2 fully saturated rings. The second-order valence-electron chi connectivity index (χ2n) is 9.33. The smallest absolute Gasteiger partial charge is 0.272 e. The Labute approximate surface area is 252 Å². The number of nitrogens with one attached hydrogen (secondary N) is 2. The van der Waals surface area contributed by atoms with Crippen LogP contribution in [0.2, 0.25) is 0 Å². The molecule has 0 spiro atoms. The van der Waals surface area contributed by atoms with Gasteiger partial charge in [-0.2, -0.15) is 0 Å². The summed E-state index contributed by atoms with van der Waals surface area (Å²) in [5.74, 6) is -1.24. The molecule has 4 amide bonds. The van der Waals surface area contributed by atoms with Gasteiger partial charge in [-0.25, -0.2) is 0 Å². The van der Waals surface area contributed by atoms with Crippen molar-refractivity contribution in [2.45, 2.75) is 52.6 Å². The summed E-state index contributed by atoms with van der Waals surface area (Å²) in [6.07, 6.45) is 1.63. The highest BCUT2D eigenvalue weighted by Gasteiger charge is 2.43. The van der Waals surface area contributed by atoms with Crippen molar-refractivity contribution in [3.05, 3.63) is 69.5 Å². The number of carbonyl (C=O) groups is 4. The van der Waals surface area contributed by atoms with Crippen LogP contribution in [0, 0.1) is 0 Å². The molecular weight excluding hydrogens is 585 g/mol. The SMILES string of the molecule is CCC(C)NC(=O)c1ccc(N2C(=O)C(=C3SC(=S)N(c4ccc(C(=O)NC(C)CC)cc4)C3=O)SC2=S)cc1. The number of hydrogen-bond acceptors (Lipinski definition) is 8. The molecule has 0 aromatic heterocycles. The Morgan fingerprint density at radius 1 is 0.700 bits per heavy atom. The van der Waals surface area contributed by atoms with Crippen LogP contribution in [-0.4, -0.2) is 44.4 Å². The molecule has 0 saturated carbocycles. The van der Waals surface area contributed by atoms with Gasteiger partial charge in [-0.1, -0.05) is 61.8 Å². The van der Waals surface area contributed by atoms with Crippen LogP contribution in [0.1, 0.15) is 61.3 Å². The predicted molar refractivity (Wildman–Crippen MR) is 170 cm³/mol. The van der Waals surface area contributed by atoms with Crippen LogP contribution in [0.25, 0.3) is 0 Å². The molecule has 12 heteroatoms. The van der Waals surface area contributed by atoms with Crippen LogP contribution in [0.15, 0.2) is 58.3 Å². The number of anilines is 2. The standard InChI is InChI=1S/C28H28N4O4S4/c1-5-15(3)29-23(33)17-7-11-19(12-8-17)31-25(35)21(39-27(31)37)22-26(36)32(28(38)40-22)20-13-9-18(10-14-20)24(34)30-16(4)6-2/h7-16H,5-6H2,1-4H3,(H,29,33)(H,30,34). The Kier molecular flexibility index (Phi) is 9.44. The van der Waals surface area contributed by atoms with Gasteiger partial charge in [0.05, 0.1) is 21.2 Å². The highest BCUT2D eigenvalue weighted by molar-refractivity contribution is 8.30. The molecule has 40 heavy (non-hydrogen) atoms. The zero-order valence-corrected chi connectivity index (χ0v) is 25.6. The molecule has 2 aliphatic rings. The van der Waals surface area contributed by atoms with Crippen LogP contribution in [0.5, 0.6) is 0 Å². The minimum absolute atomic E-state index is 0.0460. The number of amides is 4. The van der Waals surface area contributed by atoms with Crippen molar-refractivity contribution >= 4 is 91.6 Å². The molecule has 2 atom stereocenters. The van der Waals surface area contributed by atoms with Gasteiger partial charge in [-0.15, -0.1) is 0 Å². The Hall–Kier alpha value is -3.06. The fourth-order valence-corrected chi connectivity index (χ4v) is 6.55. The van der Waals surface area contributed by atoms with Crippen molar-refractivity contribution in [1.29, 1.82) is 0 Å². The molecule has 8 nitrogen and oxygen atoms in total. The van der Waals surface area contributed by atoms with Gasteiger partial charge in [0.2, 0.25) is 0 Å². The lowest BCUT2D eigenvalue weighted by Gasteiger charge is -2.16. The van der Waals surface area contributed by atoms with Crippen LogP contribution in [0.3, 0.4) is 0 Å². The van der Waals surface area contributed by atoms with Crippen molar-refractivity contribution in [1.82, 2.24) is 10.6 Å². The highest BCUT2D eigenvalue weighted by atomic mass is 32.2. The third-order valence-corrected chi connectivity index (χ3v) is 9.37. The largest absolute Gasteiger partial charge is 0.350 e. The Morgan fingerprint density at radius 2 is 1.02 bits per heavy atom. The van der Waals surface area contributed by atoms with E-state index < -0.39 is 11.8 Å². The van der Waals surface area contributed by atoms with Gasteiger partial charge < -0.3 is 10.6 Å². The predicted octanol–water partition coefficient (Wildman–Crippen LogP) is 5.38. The minimum Gasteiger partial charge on any atom is -0.350 e. The molecule has 4 rings (SSSR count). The Morgan fingerprint density at radius 3 is 1.32 bits per heavy atom. The van der Waals surface area contributed by atoms with Gasteiger partial charge in [-0.05, 0) is 75.2 Å². The first-order valence-electron chi connectivity index (χ1n) is 12.7. The van der Waals surface area contributed by atoms with Crippen LogP contribution >= 0.6 is 48.0 Å². The summed E-state index contributed by atoms with van der Waals surface area (Å²) in [6.45, 7) is 7.83. The molecule has 2 aromatic rings. The second-order valence-corrected chi connectivity index (χ2v) is 12.6. The van der Waals surface area contributed by atoms with E-state index in [4.69, 9.17) is 24.4 Å². The lowest BCUT2D eigenvalue weighted by molar-refractivity contribution is -0.115. The minimum atomic E-state index is -0.427. The summed E-state index contributed by atoms with van der Waals surface area (Å²) in [6, 6.07) is 13.3. The van der Waals surface area contributed by atoms with Gasteiger partial charge in [-0.3, -0.25) is 29.0 Å². The third-order valence-electron chi connectivity index (χ3n) is 6.50. The van der Waals surface area contributed by atoms with E-state index in [2.05, 4.69) is 10.6 Å². The Bertz CT molecular complexity index is 1320. The third kappa shape index (κ3) is 6.14. The van der Waals surface area contributed by atoms with E-state index >= 15 is 0 Å². The summed E-state index contributed by atoms with van der Waals surface area (Å²) in [7, 11) is 0. The van der Waals surface area contributed by atoms with Gasteiger partial charge in [0.1, 0.15) is 0 Å². The zero-order chi connectivity index (χ0) is 29.1. The van der Waals surface area contributed by atoms with Crippen molar-refractivity contribution in [3.8, 4) is 0 Å². The molecular formula is C28H28N4O4S4. The summed E-state index contributed by atoms with van der Waals surface area (Å²) < 4.78 is 0.553. The normalized spacial score (nSPS) is 18.8. The fourth-order valence-electron chi connectivity index (χ4n) is 3.80. The van der Waals surface area contributed by atoms with Crippen molar-refractivity contribution < 1.29 is 19.2 Å². The molecule has 0 radical (unpaired) electrons. The molecule has 0 bridgehead atoms. The molecule has 0 aliphatic carbocycles. The van der Waals surface area contributed by atoms with Crippen LogP contribution in [-0.2, 0) is 9.59 Å². The van der Waals surface area contributed by atoms with E-state index in [9.17, 15) is 19.2 Å². The zero-order valence-electron chi connectivity index (χ0n) is 22.3. The van der Waals surface area contributed by atoms with Gasteiger partial charge in [0, 0.05) is 23.2 Å². The van der Waals surface area contributed by atoms with Crippen LogP contribution < -0.4 is 20.4 Å². The number of nitrogens with zero attached hydrogens (tertiary/aromatic N) is 2. The van der Waals surface area contributed by atoms with Crippen LogP contribution in [0.4, 0.5) is 11.4 Å². The molecule has 2 heterocycles. The maximum atomic E-state index is 13.4. The summed E-state index contributed by atoms with van der Waals surface area (Å²) >= 11 is 13.1. The number of benzene rings is 2. The maximum Gasteiger partial charge on any atom is 0.272 e. The van der Waals surface area contributed by atoms with E-state index in [0.717, 1.165) is 36.4 Å². The lowest BCUT2D eigenvalue weighted by atomic mass is 10.1. The first kappa shape index (κ1) is 29.9. The highest BCUT2D eigenvalue weighted by Crippen LogP contribution is 2.44. The molecule has 2 unspecified atom stereocenters. The molecule has 2 aliphatic heterocycles. The monoisotopic (exact) mass is 612 g/mol. The van der Waals surface area contributed by atoms with Gasteiger partial charge in [0.25, 0.3) is 23.6 Å². The number of thioether (sulfide) groups is 2. The number of hydrogen-bond donors (Lipinski definition) is 2. The second kappa shape index (κ2) is 12.6.